The fourth-order valence-corrected chi connectivity index (χ4v) is 2.20. The number of nitro benzene ring substituents is 1. The first kappa shape index (κ1) is 15.6. The molecular formula is C13H18N2O6. The molecule has 8 heteroatoms. The minimum atomic E-state index is -1.36. The van der Waals surface area contributed by atoms with Gasteiger partial charge in [-0.25, -0.2) is 0 Å². The van der Waals surface area contributed by atoms with E-state index in [1.807, 2.05) is 0 Å². The topological polar surface area (TPSA) is 125 Å². The van der Waals surface area contributed by atoms with Gasteiger partial charge in [-0.05, 0) is 19.4 Å². The molecule has 21 heavy (non-hydrogen) atoms. The number of hydrogen-bond donors (Lipinski definition) is 4. The SMILES string of the molecule is Cc1ccc([N+](=O)[O-])cc1N[C@@H]1O[C@H](C)[C@H](O)[C@@H](O)[C@@H]1O. The van der Waals surface area contributed by atoms with Gasteiger partial charge in [0, 0.05) is 17.8 Å². The van der Waals surface area contributed by atoms with Crippen LogP contribution < -0.4 is 5.32 Å². The summed E-state index contributed by atoms with van der Waals surface area (Å²) in [5.41, 5.74) is 1.05. The second kappa shape index (κ2) is 5.94. The number of aliphatic hydroxyl groups is 3. The number of non-ortho nitro benzene ring substituents is 1. The van der Waals surface area contributed by atoms with Crippen LogP contribution in [0.2, 0.25) is 0 Å². The maximum absolute atomic E-state index is 10.8. The number of benzene rings is 1. The van der Waals surface area contributed by atoms with Gasteiger partial charge in [-0.1, -0.05) is 6.07 Å². The van der Waals surface area contributed by atoms with Crippen LogP contribution in [0, 0.1) is 17.0 Å². The summed E-state index contributed by atoms with van der Waals surface area (Å²) in [5.74, 6) is 0. The second-order valence-electron chi connectivity index (χ2n) is 5.13. The molecule has 0 unspecified atom stereocenters. The number of aryl methyl sites for hydroxylation is 1. The highest BCUT2D eigenvalue weighted by Gasteiger charge is 2.41. The van der Waals surface area contributed by atoms with Crippen LogP contribution >= 0.6 is 0 Å². The molecule has 1 fully saturated rings. The van der Waals surface area contributed by atoms with Crippen molar-refractivity contribution in [2.45, 2.75) is 44.5 Å². The van der Waals surface area contributed by atoms with E-state index in [9.17, 15) is 25.4 Å². The van der Waals surface area contributed by atoms with Crippen molar-refractivity contribution in [2.75, 3.05) is 5.32 Å². The second-order valence-corrected chi connectivity index (χ2v) is 5.13. The summed E-state index contributed by atoms with van der Waals surface area (Å²) in [6.07, 6.45) is -5.55. The summed E-state index contributed by atoms with van der Waals surface area (Å²) < 4.78 is 5.40. The number of nitro groups is 1. The Bertz CT molecular complexity index is 537. The molecule has 0 radical (unpaired) electrons. The average Bonchev–Trinajstić information content (AvgIpc) is 2.44. The minimum Gasteiger partial charge on any atom is -0.388 e. The Morgan fingerprint density at radius 2 is 1.90 bits per heavy atom. The monoisotopic (exact) mass is 298 g/mol. The molecule has 1 aromatic rings. The van der Waals surface area contributed by atoms with Crippen LogP contribution in [0.1, 0.15) is 12.5 Å². The lowest BCUT2D eigenvalue weighted by molar-refractivity contribution is -0.384. The quantitative estimate of drug-likeness (QED) is 0.462. The number of nitrogens with zero attached hydrogens (tertiary/aromatic N) is 1. The van der Waals surface area contributed by atoms with Crippen molar-refractivity contribution in [1.82, 2.24) is 0 Å². The van der Waals surface area contributed by atoms with E-state index in [0.717, 1.165) is 5.56 Å². The summed E-state index contributed by atoms with van der Waals surface area (Å²) in [7, 11) is 0. The molecule has 1 aliphatic rings. The summed E-state index contributed by atoms with van der Waals surface area (Å²) in [4.78, 5) is 10.3. The van der Waals surface area contributed by atoms with Gasteiger partial charge in [0.15, 0.2) is 6.23 Å². The van der Waals surface area contributed by atoms with Crippen LogP contribution in [-0.2, 0) is 4.74 Å². The third-order valence-electron chi connectivity index (χ3n) is 3.58. The first-order valence-corrected chi connectivity index (χ1v) is 6.52. The average molecular weight is 298 g/mol. The van der Waals surface area contributed by atoms with Gasteiger partial charge in [-0.3, -0.25) is 10.1 Å². The molecule has 1 aromatic carbocycles. The summed E-state index contributed by atoms with van der Waals surface area (Å²) >= 11 is 0. The highest BCUT2D eigenvalue weighted by Crippen LogP contribution is 2.26. The molecule has 0 aromatic heterocycles. The number of hydrogen-bond acceptors (Lipinski definition) is 7. The third-order valence-corrected chi connectivity index (χ3v) is 3.58. The van der Waals surface area contributed by atoms with Gasteiger partial charge in [-0.2, -0.15) is 0 Å². The largest absolute Gasteiger partial charge is 0.388 e. The van der Waals surface area contributed by atoms with E-state index in [1.165, 1.54) is 12.1 Å². The van der Waals surface area contributed by atoms with Crippen LogP contribution in [0.25, 0.3) is 0 Å². The molecule has 0 saturated carbocycles. The normalized spacial score (nSPS) is 32.7. The van der Waals surface area contributed by atoms with E-state index in [4.69, 9.17) is 4.74 Å². The lowest BCUT2D eigenvalue weighted by Gasteiger charge is -2.40. The summed E-state index contributed by atoms with van der Waals surface area (Å²) in [5, 5.41) is 42.9. The highest BCUT2D eigenvalue weighted by molar-refractivity contribution is 5.57. The molecule has 1 aliphatic heterocycles. The standard InChI is InChI=1S/C13H18N2O6/c1-6-3-4-8(15(19)20)5-9(6)14-13-12(18)11(17)10(16)7(2)21-13/h3-5,7,10-14,16-18H,1-2H3/t7-,10+,11-,12+,13-/m1/s1. The predicted octanol–water partition coefficient (Wildman–Crippen LogP) is 0.143. The smallest absolute Gasteiger partial charge is 0.271 e. The van der Waals surface area contributed by atoms with Crippen LogP contribution in [-0.4, -0.2) is 50.9 Å². The highest BCUT2D eigenvalue weighted by atomic mass is 16.6. The maximum Gasteiger partial charge on any atom is 0.271 e. The van der Waals surface area contributed by atoms with Crippen LogP contribution in [0.3, 0.4) is 0 Å². The van der Waals surface area contributed by atoms with Crippen molar-refractivity contribution in [1.29, 1.82) is 0 Å². The molecule has 8 nitrogen and oxygen atoms in total. The van der Waals surface area contributed by atoms with Gasteiger partial charge in [-0.15, -0.1) is 0 Å². The van der Waals surface area contributed by atoms with Crippen LogP contribution in [0.5, 0.6) is 0 Å². The van der Waals surface area contributed by atoms with Crippen molar-refractivity contribution < 1.29 is 25.0 Å². The van der Waals surface area contributed by atoms with Crippen molar-refractivity contribution in [2.24, 2.45) is 0 Å². The van der Waals surface area contributed by atoms with Gasteiger partial charge < -0.3 is 25.4 Å². The minimum absolute atomic E-state index is 0.0953. The van der Waals surface area contributed by atoms with Crippen molar-refractivity contribution in [3.8, 4) is 0 Å². The van der Waals surface area contributed by atoms with Gasteiger partial charge in [0.25, 0.3) is 5.69 Å². The molecule has 0 bridgehead atoms. The predicted molar refractivity (Wildman–Crippen MR) is 73.8 cm³/mol. The first-order chi connectivity index (χ1) is 9.81. The third kappa shape index (κ3) is 3.13. The van der Waals surface area contributed by atoms with Crippen molar-refractivity contribution in [3.05, 3.63) is 33.9 Å². The molecular weight excluding hydrogens is 280 g/mol. The number of nitrogens with one attached hydrogen (secondary N) is 1. The van der Waals surface area contributed by atoms with E-state index in [-0.39, 0.29) is 5.69 Å². The summed E-state index contributed by atoms with van der Waals surface area (Å²) in [6, 6.07) is 4.28. The number of ether oxygens (including phenoxy) is 1. The Morgan fingerprint density at radius 1 is 1.24 bits per heavy atom. The lowest BCUT2D eigenvalue weighted by atomic mass is 9.99. The van der Waals surface area contributed by atoms with E-state index in [0.29, 0.717) is 5.69 Å². The maximum atomic E-state index is 10.8. The van der Waals surface area contributed by atoms with Crippen LogP contribution in [0.15, 0.2) is 18.2 Å². The van der Waals surface area contributed by atoms with Crippen molar-refractivity contribution in [3.63, 3.8) is 0 Å². The fourth-order valence-electron chi connectivity index (χ4n) is 2.20. The van der Waals surface area contributed by atoms with E-state index in [1.54, 1.807) is 19.9 Å². The van der Waals surface area contributed by atoms with Gasteiger partial charge >= 0.3 is 0 Å². The fraction of sp³-hybridized carbons (Fsp3) is 0.538. The molecule has 116 valence electrons. The summed E-state index contributed by atoms with van der Waals surface area (Å²) in [6.45, 7) is 3.31. The Morgan fingerprint density at radius 3 is 2.52 bits per heavy atom. The first-order valence-electron chi connectivity index (χ1n) is 6.52. The zero-order chi connectivity index (χ0) is 15.7. The van der Waals surface area contributed by atoms with E-state index in [2.05, 4.69) is 5.32 Å². The Hall–Kier alpha value is -1.74. The Labute approximate surface area is 121 Å². The number of anilines is 1. The molecule has 0 aliphatic carbocycles. The molecule has 2 rings (SSSR count). The number of aliphatic hydroxyl groups excluding tert-OH is 3. The molecule has 5 atom stereocenters. The van der Waals surface area contributed by atoms with Crippen LogP contribution in [0.4, 0.5) is 11.4 Å². The zero-order valence-corrected chi connectivity index (χ0v) is 11.6. The Balaban J connectivity index is 2.21. The van der Waals surface area contributed by atoms with Gasteiger partial charge in [0.2, 0.25) is 0 Å². The molecule has 0 spiro atoms. The van der Waals surface area contributed by atoms with Crippen molar-refractivity contribution >= 4 is 11.4 Å². The van der Waals surface area contributed by atoms with Gasteiger partial charge in [0.1, 0.15) is 18.3 Å². The van der Waals surface area contributed by atoms with E-state index >= 15 is 0 Å². The molecule has 1 heterocycles. The van der Waals surface area contributed by atoms with E-state index < -0.39 is 35.6 Å². The Kier molecular flexibility index (Phi) is 4.43. The van der Waals surface area contributed by atoms with Gasteiger partial charge in [0.05, 0.1) is 11.0 Å². The number of rotatable bonds is 3. The molecule has 4 N–H and O–H groups in total. The zero-order valence-electron chi connectivity index (χ0n) is 11.6. The molecule has 0 amide bonds. The lowest BCUT2D eigenvalue weighted by Crippen LogP contribution is -2.58. The molecule has 1 saturated heterocycles.